The first-order valence-electron chi connectivity index (χ1n) is 10.5. The lowest BCUT2D eigenvalue weighted by Gasteiger charge is -2.42. The molecule has 1 rings (SSSR count). The smallest absolute Gasteiger partial charge is 0.316 e. The van der Waals surface area contributed by atoms with Gasteiger partial charge in [0.2, 0.25) is 0 Å². The van der Waals surface area contributed by atoms with E-state index in [0.717, 1.165) is 35.9 Å². The maximum Gasteiger partial charge on any atom is 0.316 e. The Morgan fingerprint density at radius 3 is 2.04 bits per heavy atom. The molecule has 28 heavy (non-hydrogen) atoms. The molecule has 1 aromatic rings. The zero-order chi connectivity index (χ0) is 21.5. The topological polar surface area (TPSA) is 35.5 Å². The van der Waals surface area contributed by atoms with Gasteiger partial charge in [-0.05, 0) is 54.4 Å². The minimum absolute atomic E-state index is 0.185. The van der Waals surface area contributed by atoms with Crippen LogP contribution < -0.4 is 0 Å². The van der Waals surface area contributed by atoms with E-state index in [0.29, 0.717) is 16.6 Å². The predicted octanol–water partition coefficient (Wildman–Crippen LogP) is 7.24. The zero-order valence-corrected chi connectivity index (χ0v) is 21.6. The van der Waals surface area contributed by atoms with Crippen LogP contribution in [0.15, 0.2) is 28.7 Å². The van der Waals surface area contributed by atoms with E-state index in [1.54, 1.807) is 0 Å². The van der Waals surface area contributed by atoms with Gasteiger partial charge >= 0.3 is 5.97 Å². The van der Waals surface area contributed by atoms with Gasteiger partial charge in [-0.2, -0.15) is 0 Å². The van der Waals surface area contributed by atoms with Gasteiger partial charge in [-0.25, -0.2) is 0 Å². The third kappa shape index (κ3) is 5.48. The first-order chi connectivity index (χ1) is 13.0. The van der Waals surface area contributed by atoms with Crippen molar-refractivity contribution >= 4 is 30.2 Å². The number of esters is 1. The van der Waals surface area contributed by atoms with E-state index in [9.17, 15) is 4.79 Å². The lowest BCUT2D eigenvalue weighted by molar-refractivity contribution is -0.147. The molecule has 0 aliphatic heterocycles. The summed E-state index contributed by atoms with van der Waals surface area (Å²) < 4.78 is 12.8. The van der Waals surface area contributed by atoms with Gasteiger partial charge in [-0.1, -0.05) is 75.7 Å². The molecule has 3 nitrogen and oxygen atoms in total. The molecule has 160 valence electrons. The van der Waals surface area contributed by atoms with Gasteiger partial charge in [-0.15, -0.1) is 0 Å². The van der Waals surface area contributed by atoms with Crippen molar-refractivity contribution in [1.82, 2.24) is 0 Å². The summed E-state index contributed by atoms with van der Waals surface area (Å²) >= 11 is 3.60. The van der Waals surface area contributed by atoms with E-state index in [-0.39, 0.29) is 5.97 Å². The molecule has 0 saturated heterocycles. The van der Waals surface area contributed by atoms with E-state index in [1.165, 1.54) is 7.11 Å². The Kier molecular flexibility index (Phi) is 9.91. The molecule has 1 unspecified atom stereocenters. The highest BCUT2D eigenvalue weighted by molar-refractivity contribution is 9.10. The number of unbranched alkanes of at least 4 members (excludes halogenated alkanes) is 1. The largest absolute Gasteiger partial charge is 0.468 e. The highest BCUT2D eigenvalue weighted by atomic mass is 79.9. The fourth-order valence-corrected chi connectivity index (χ4v) is 11.0. The van der Waals surface area contributed by atoms with Crippen molar-refractivity contribution in [2.45, 2.75) is 89.8 Å². The third-order valence-corrected chi connectivity index (χ3v) is 13.0. The molecule has 0 fully saturated rings. The Labute approximate surface area is 181 Å². The monoisotopic (exact) mass is 470 g/mol. The summed E-state index contributed by atoms with van der Waals surface area (Å²) in [5, 5.41) is 0. The van der Waals surface area contributed by atoms with Gasteiger partial charge in [-0.3, -0.25) is 4.79 Å². The van der Waals surface area contributed by atoms with Crippen molar-refractivity contribution in [2.24, 2.45) is 0 Å². The Bertz CT molecular complexity index is 608. The van der Waals surface area contributed by atoms with Gasteiger partial charge in [0.05, 0.1) is 12.5 Å². The average molecular weight is 472 g/mol. The Morgan fingerprint density at radius 1 is 1.04 bits per heavy atom. The van der Waals surface area contributed by atoms with Crippen LogP contribution in [-0.4, -0.2) is 28.0 Å². The maximum absolute atomic E-state index is 12.6. The van der Waals surface area contributed by atoms with Crippen molar-refractivity contribution in [3.05, 3.63) is 34.3 Å². The molecule has 0 saturated carbocycles. The van der Waals surface area contributed by atoms with Crippen LogP contribution in [0, 0.1) is 0 Å². The molecule has 0 aliphatic rings. The minimum atomic E-state index is -1.82. The Balaban J connectivity index is 2.81. The molecule has 0 N–H and O–H groups in total. The molecule has 0 amide bonds. The van der Waals surface area contributed by atoms with Crippen molar-refractivity contribution in [3.63, 3.8) is 0 Å². The first-order valence-corrected chi connectivity index (χ1v) is 13.4. The molecule has 0 spiro atoms. The quantitative estimate of drug-likeness (QED) is 0.194. The number of carbonyl (C=O) groups is 1. The SMILES string of the molecule is COC(=O)C(C)(CCCCO[Si](C(C)C)(C(C)C)C(C)C)c1ccccc1Br. The fourth-order valence-electron chi connectivity index (χ4n) is 4.81. The van der Waals surface area contributed by atoms with Crippen LogP contribution in [-0.2, 0) is 19.4 Å². The highest BCUT2D eigenvalue weighted by Crippen LogP contribution is 2.42. The molecule has 0 bridgehead atoms. The highest BCUT2D eigenvalue weighted by Gasteiger charge is 2.45. The number of rotatable bonds is 11. The summed E-state index contributed by atoms with van der Waals surface area (Å²) in [7, 11) is -0.357. The molecule has 0 aliphatic carbocycles. The molecule has 0 heterocycles. The molecule has 1 aromatic carbocycles. The number of hydrogen-bond donors (Lipinski definition) is 0. The van der Waals surface area contributed by atoms with Crippen molar-refractivity contribution in [1.29, 1.82) is 0 Å². The van der Waals surface area contributed by atoms with Crippen LogP contribution in [0.5, 0.6) is 0 Å². The normalized spacial score (nSPS) is 14.6. The van der Waals surface area contributed by atoms with Crippen molar-refractivity contribution < 1.29 is 14.0 Å². The molecular weight excluding hydrogens is 432 g/mol. The second-order valence-electron chi connectivity index (χ2n) is 8.93. The minimum Gasteiger partial charge on any atom is -0.468 e. The molecule has 0 aromatic heterocycles. The van der Waals surface area contributed by atoms with Gasteiger partial charge in [0.15, 0.2) is 8.32 Å². The maximum atomic E-state index is 12.6. The van der Waals surface area contributed by atoms with Crippen LogP contribution in [0.3, 0.4) is 0 Å². The van der Waals surface area contributed by atoms with Crippen LogP contribution in [0.25, 0.3) is 0 Å². The van der Waals surface area contributed by atoms with Crippen molar-refractivity contribution in [3.8, 4) is 0 Å². The Hall–Kier alpha value is -0.653. The summed E-state index contributed by atoms with van der Waals surface area (Å²) in [6.45, 7) is 16.6. The second kappa shape index (κ2) is 10.9. The van der Waals surface area contributed by atoms with Crippen molar-refractivity contribution in [2.75, 3.05) is 13.7 Å². The van der Waals surface area contributed by atoms with Crippen LogP contribution in [0.4, 0.5) is 0 Å². The summed E-state index contributed by atoms with van der Waals surface area (Å²) in [5.74, 6) is -0.185. The van der Waals surface area contributed by atoms with E-state index >= 15 is 0 Å². The molecule has 0 radical (unpaired) electrons. The standard InChI is InChI=1S/C23H39BrO3Si/c1-17(2)28(18(3)4,19(5)6)27-16-12-11-15-23(7,22(25)26-8)20-13-9-10-14-21(20)24/h9-10,13-14,17-19H,11-12,15-16H2,1-8H3. The third-order valence-electron chi connectivity index (χ3n) is 6.23. The lowest BCUT2D eigenvalue weighted by Crippen LogP contribution is -2.48. The van der Waals surface area contributed by atoms with Gasteiger partial charge in [0, 0.05) is 11.1 Å². The van der Waals surface area contributed by atoms with Gasteiger partial charge in [0.1, 0.15) is 0 Å². The summed E-state index contributed by atoms with van der Waals surface area (Å²) in [6, 6.07) is 7.92. The van der Waals surface area contributed by atoms with Gasteiger partial charge < -0.3 is 9.16 Å². The molecule has 5 heteroatoms. The van der Waals surface area contributed by atoms with E-state index in [4.69, 9.17) is 9.16 Å². The Morgan fingerprint density at radius 2 is 1.57 bits per heavy atom. The number of halogens is 1. The van der Waals surface area contributed by atoms with E-state index < -0.39 is 13.7 Å². The zero-order valence-electron chi connectivity index (χ0n) is 19.0. The van der Waals surface area contributed by atoms with Crippen LogP contribution in [0.2, 0.25) is 16.6 Å². The van der Waals surface area contributed by atoms with E-state index in [1.807, 2.05) is 31.2 Å². The summed E-state index contributed by atoms with van der Waals surface area (Å²) in [6.07, 6.45) is 2.62. The molecule has 1 atom stereocenters. The predicted molar refractivity (Wildman–Crippen MR) is 124 cm³/mol. The first kappa shape index (κ1) is 25.4. The number of methoxy groups -OCH3 is 1. The fraction of sp³-hybridized carbons (Fsp3) is 0.696. The van der Waals surface area contributed by atoms with Crippen LogP contribution >= 0.6 is 15.9 Å². The number of ether oxygens (including phenoxy) is 1. The summed E-state index contributed by atoms with van der Waals surface area (Å²) in [4.78, 5) is 12.6. The van der Waals surface area contributed by atoms with E-state index in [2.05, 4.69) is 57.5 Å². The number of benzene rings is 1. The second-order valence-corrected chi connectivity index (χ2v) is 15.2. The molecular formula is C23H39BrO3Si. The lowest BCUT2D eigenvalue weighted by atomic mass is 9.78. The summed E-state index contributed by atoms with van der Waals surface area (Å²) in [5.41, 5.74) is 2.10. The number of carbonyl (C=O) groups excluding carboxylic acids is 1. The van der Waals surface area contributed by atoms with Gasteiger partial charge in [0.25, 0.3) is 0 Å². The number of hydrogen-bond acceptors (Lipinski definition) is 3. The average Bonchev–Trinajstić information content (AvgIpc) is 2.63. The van der Waals surface area contributed by atoms with Crippen LogP contribution in [0.1, 0.15) is 73.3 Å².